The van der Waals surface area contributed by atoms with E-state index in [9.17, 15) is 9.18 Å². The second-order valence-corrected chi connectivity index (χ2v) is 5.87. The van der Waals surface area contributed by atoms with E-state index in [1.807, 2.05) is 42.5 Å². The van der Waals surface area contributed by atoms with E-state index in [2.05, 4.69) is 10.3 Å². The van der Waals surface area contributed by atoms with Crippen LogP contribution in [0.1, 0.15) is 23.5 Å². The molecule has 0 fully saturated rings. The number of hydrogen-bond acceptors (Lipinski definition) is 3. The lowest BCUT2D eigenvalue weighted by Gasteiger charge is -2.26. The van der Waals surface area contributed by atoms with Crippen LogP contribution in [-0.4, -0.2) is 10.9 Å². The standard InChI is InChI=1S/C20H15FN2O2/c21-18-12-22-9-8-15(18)17-11-20(24)23-19-10-14(6-7-16(17)19)25-13-4-2-1-3-5-13/h1-10,12,17H,11H2,(H,23,24). The molecular formula is C20H15FN2O2. The fraction of sp³-hybridized carbons (Fsp3) is 0.100. The minimum Gasteiger partial charge on any atom is -0.457 e. The van der Waals surface area contributed by atoms with Gasteiger partial charge in [0.25, 0.3) is 0 Å². The molecule has 0 saturated heterocycles. The maximum Gasteiger partial charge on any atom is 0.225 e. The lowest BCUT2D eigenvalue weighted by molar-refractivity contribution is -0.116. The van der Waals surface area contributed by atoms with Gasteiger partial charge in [-0.1, -0.05) is 24.3 Å². The summed E-state index contributed by atoms with van der Waals surface area (Å²) in [5.41, 5.74) is 1.99. The molecule has 1 unspecified atom stereocenters. The zero-order valence-electron chi connectivity index (χ0n) is 13.3. The van der Waals surface area contributed by atoms with Crippen molar-refractivity contribution >= 4 is 11.6 Å². The van der Waals surface area contributed by atoms with Gasteiger partial charge in [0.15, 0.2) is 0 Å². The molecule has 0 aliphatic carbocycles. The SMILES string of the molecule is O=C1CC(c2ccncc2F)c2ccc(Oc3ccccc3)cc2N1. The van der Waals surface area contributed by atoms with Crippen molar-refractivity contribution < 1.29 is 13.9 Å². The summed E-state index contributed by atoms with van der Waals surface area (Å²) in [7, 11) is 0. The largest absolute Gasteiger partial charge is 0.457 e. The Kier molecular flexibility index (Phi) is 3.90. The number of nitrogens with zero attached hydrogens (tertiary/aromatic N) is 1. The zero-order valence-corrected chi connectivity index (χ0v) is 13.3. The number of para-hydroxylation sites is 1. The summed E-state index contributed by atoms with van der Waals surface area (Å²) < 4.78 is 20.0. The maximum atomic E-state index is 14.1. The van der Waals surface area contributed by atoms with Gasteiger partial charge in [0, 0.05) is 30.3 Å². The first-order chi connectivity index (χ1) is 12.2. The number of carbonyl (C=O) groups excluding carboxylic acids is 1. The molecule has 25 heavy (non-hydrogen) atoms. The summed E-state index contributed by atoms with van der Waals surface area (Å²) in [6.45, 7) is 0. The maximum absolute atomic E-state index is 14.1. The van der Waals surface area contributed by atoms with Gasteiger partial charge in [0.2, 0.25) is 5.91 Å². The predicted molar refractivity (Wildman–Crippen MR) is 92.2 cm³/mol. The molecule has 4 nitrogen and oxygen atoms in total. The first-order valence-corrected chi connectivity index (χ1v) is 7.97. The van der Waals surface area contributed by atoms with E-state index < -0.39 is 5.82 Å². The number of carbonyl (C=O) groups is 1. The van der Waals surface area contributed by atoms with Crippen LogP contribution < -0.4 is 10.1 Å². The third kappa shape index (κ3) is 3.08. The third-order valence-corrected chi connectivity index (χ3v) is 4.22. The number of halogens is 1. The van der Waals surface area contributed by atoms with E-state index in [-0.39, 0.29) is 18.2 Å². The molecule has 0 bridgehead atoms. The van der Waals surface area contributed by atoms with Crippen molar-refractivity contribution in [3.63, 3.8) is 0 Å². The molecule has 124 valence electrons. The normalized spacial score (nSPS) is 16.0. The van der Waals surface area contributed by atoms with Gasteiger partial charge in [-0.2, -0.15) is 0 Å². The van der Waals surface area contributed by atoms with Gasteiger partial charge < -0.3 is 10.1 Å². The average Bonchev–Trinajstić information content (AvgIpc) is 2.62. The second kappa shape index (κ2) is 6.36. The topological polar surface area (TPSA) is 51.2 Å². The van der Waals surface area contributed by atoms with Crippen LogP contribution in [0.4, 0.5) is 10.1 Å². The van der Waals surface area contributed by atoms with Gasteiger partial charge in [0.05, 0.1) is 6.20 Å². The predicted octanol–water partition coefficient (Wildman–Crippen LogP) is 4.49. The van der Waals surface area contributed by atoms with E-state index >= 15 is 0 Å². The number of nitrogens with one attached hydrogen (secondary N) is 1. The quantitative estimate of drug-likeness (QED) is 0.768. The van der Waals surface area contributed by atoms with Crippen LogP contribution in [0.15, 0.2) is 67.0 Å². The number of anilines is 1. The van der Waals surface area contributed by atoms with Gasteiger partial charge in [0.1, 0.15) is 17.3 Å². The Balaban J connectivity index is 1.70. The Hall–Kier alpha value is -3.21. The van der Waals surface area contributed by atoms with Gasteiger partial charge in [-0.15, -0.1) is 0 Å². The van der Waals surface area contributed by atoms with Crippen LogP contribution in [0.25, 0.3) is 0 Å². The Morgan fingerprint density at radius 2 is 1.88 bits per heavy atom. The molecule has 0 radical (unpaired) electrons. The number of rotatable bonds is 3. The molecule has 1 amide bonds. The van der Waals surface area contributed by atoms with Gasteiger partial charge in [-0.05, 0) is 35.4 Å². The number of benzene rings is 2. The van der Waals surface area contributed by atoms with Crippen molar-refractivity contribution in [1.29, 1.82) is 0 Å². The highest BCUT2D eigenvalue weighted by Gasteiger charge is 2.28. The second-order valence-electron chi connectivity index (χ2n) is 5.87. The van der Waals surface area contributed by atoms with Crippen LogP contribution in [0.5, 0.6) is 11.5 Å². The van der Waals surface area contributed by atoms with Gasteiger partial charge in [-0.3, -0.25) is 9.78 Å². The lowest BCUT2D eigenvalue weighted by atomic mass is 9.85. The minimum absolute atomic E-state index is 0.148. The Morgan fingerprint density at radius 1 is 1.04 bits per heavy atom. The summed E-state index contributed by atoms with van der Waals surface area (Å²) in [4.78, 5) is 15.9. The summed E-state index contributed by atoms with van der Waals surface area (Å²) in [5, 5.41) is 2.85. The molecule has 2 aromatic carbocycles. The molecule has 3 aromatic rings. The first-order valence-electron chi connectivity index (χ1n) is 7.97. The highest BCUT2D eigenvalue weighted by Crippen LogP contribution is 2.40. The molecule has 1 atom stereocenters. The van der Waals surface area contributed by atoms with E-state index in [4.69, 9.17) is 4.74 Å². The lowest BCUT2D eigenvalue weighted by Crippen LogP contribution is -2.24. The van der Waals surface area contributed by atoms with Crippen LogP contribution in [0, 0.1) is 5.82 Å². The fourth-order valence-electron chi connectivity index (χ4n) is 3.08. The molecule has 1 N–H and O–H groups in total. The number of amides is 1. The van der Waals surface area contributed by atoms with E-state index in [1.54, 1.807) is 12.1 Å². The van der Waals surface area contributed by atoms with Crippen molar-refractivity contribution in [3.05, 3.63) is 83.9 Å². The van der Waals surface area contributed by atoms with Gasteiger partial charge >= 0.3 is 0 Å². The van der Waals surface area contributed by atoms with Crippen LogP contribution in [0.2, 0.25) is 0 Å². The van der Waals surface area contributed by atoms with Crippen LogP contribution in [0.3, 0.4) is 0 Å². The molecule has 1 aromatic heterocycles. The highest BCUT2D eigenvalue weighted by atomic mass is 19.1. The van der Waals surface area contributed by atoms with Crippen molar-refractivity contribution in [1.82, 2.24) is 4.98 Å². The number of hydrogen-bond donors (Lipinski definition) is 1. The zero-order chi connectivity index (χ0) is 17.2. The van der Waals surface area contributed by atoms with Crippen LogP contribution >= 0.6 is 0 Å². The highest BCUT2D eigenvalue weighted by molar-refractivity contribution is 5.95. The number of aromatic nitrogens is 1. The van der Waals surface area contributed by atoms with Crippen molar-refractivity contribution in [3.8, 4) is 11.5 Å². The van der Waals surface area contributed by atoms with E-state index in [1.165, 1.54) is 12.4 Å². The van der Waals surface area contributed by atoms with Crippen molar-refractivity contribution in [2.75, 3.05) is 5.32 Å². The monoisotopic (exact) mass is 334 g/mol. The fourth-order valence-corrected chi connectivity index (χ4v) is 3.08. The van der Waals surface area contributed by atoms with E-state index in [0.29, 0.717) is 22.7 Å². The average molecular weight is 334 g/mol. The summed E-state index contributed by atoms with van der Waals surface area (Å²) in [5.74, 6) is 0.434. The minimum atomic E-state index is -0.405. The molecule has 0 spiro atoms. The molecule has 0 saturated carbocycles. The van der Waals surface area contributed by atoms with Crippen LogP contribution in [-0.2, 0) is 4.79 Å². The smallest absolute Gasteiger partial charge is 0.225 e. The Morgan fingerprint density at radius 3 is 2.68 bits per heavy atom. The number of fused-ring (bicyclic) bond motifs is 1. The molecule has 4 rings (SSSR count). The molecule has 5 heteroatoms. The number of ether oxygens (including phenoxy) is 1. The van der Waals surface area contributed by atoms with E-state index in [0.717, 1.165) is 5.56 Å². The molecule has 2 heterocycles. The summed E-state index contributed by atoms with van der Waals surface area (Å²) in [6.07, 6.45) is 2.92. The van der Waals surface area contributed by atoms with Gasteiger partial charge in [-0.25, -0.2) is 4.39 Å². The Bertz CT molecular complexity index is 928. The molecule has 1 aliphatic heterocycles. The summed E-state index contributed by atoms with van der Waals surface area (Å²) >= 11 is 0. The van der Waals surface area contributed by atoms with Crippen molar-refractivity contribution in [2.45, 2.75) is 12.3 Å². The third-order valence-electron chi connectivity index (χ3n) is 4.22. The summed E-state index contributed by atoms with van der Waals surface area (Å²) in [6, 6.07) is 16.5. The van der Waals surface area contributed by atoms with Crippen molar-refractivity contribution in [2.24, 2.45) is 0 Å². The number of pyridine rings is 1. The Labute approximate surface area is 144 Å². The first kappa shape index (κ1) is 15.3. The molecular weight excluding hydrogens is 319 g/mol. The molecule has 1 aliphatic rings.